The van der Waals surface area contributed by atoms with Gasteiger partial charge in [-0.3, -0.25) is 4.79 Å². The average Bonchev–Trinajstić information content (AvgIpc) is 2.97. The minimum atomic E-state index is -1.19. The van der Waals surface area contributed by atoms with E-state index in [1.54, 1.807) is 0 Å². The molecule has 1 aliphatic heterocycles. The highest BCUT2D eigenvalue weighted by Gasteiger charge is 2.31. The van der Waals surface area contributed by atoms with Crippen LogP contribution in [-0.4, -0.2) is 46.6 Å². The zero-order valence-corrected chi connectivity index (χ0v) is 11.2. The van der Waals surface area contributed by atoms with E-state index in [1.807, 2.05) is 30.3 Å². The maximum Gasteiger partial charge on any atom is 0.326 e. The molecule has 7 nitrogen and oxygen atoms in total. The smallest absolute Gasteiger partial charge is 0.326 e. The summed E-state index contributed by atoms with van der Waals surface area (Å²) in [6.45, 7) is -0.325. The molecule has 0 saturated heterocycles. The van der Waals surface area contributed by atoms with E-state index in [9.17, 15) is 9.59 Å². The van der Waals surface area contributed by atoms with Gasteiger partial charge in [-0.05, 0) is 5.56 Å². The number of aliphatic carboxylic acids is 1. The van der Waals surface area contributed by atoms with Crippen molar-refractivity contribution in [3.05, 3.63) is 35.9 Å². The molecule has 0 spiro atoms. The number of aliphatic hydroxyl groups excluding tert-OH is 1. The highest BCUT2D eigenvalue weighted by molar-refractivity contribution is 6.04. The van der Waals surface area contributed by atoms with Gasteiger partial charge < -0.3 is 20.4 Å². The van der Waals surface area contributed by atoms with Gasteiger partial charge in [-0.25, -0.2) is 4.79 Å². The molecule has 112 valence electrons. The molecule has 1 aromatic rings. The fraction of sp³-hybridized carbons (Fsp3) is 0.357. The normalized spacial score (nSPS) is 18.5. The predicted octanol–water partition coefficient (Wildman–Crippen LogP) is 0.131. The van der Waals surface area contributed by atoms with Crippen LogP contribution in [-0.2, 0) is 14.4 Å². The predicted molar refractivity (Wildman–Crippen MR) is 73.7 cm³/mol. The Balaban J connectivity index is 1.93. The number of carbonyl (C=O) groups is 2. The molecule has 0 aliphatic carbocycles. The van der Waals surface area contributed by atoms with Crippen molar-refractivity contribution < 1.29 is 24.6 Å². The summed E-state index contributed by atoms with van der Waals surface area (Å²) in [5.74, 6) is -1.75. The Morgan fingerprint density at radius 3 is 2.71 bits per heavy atom. The van der Waals surface area contributed by atoms with Crippen molar-refractivity contribution in [1.29, 1.82) is 0 Å². The first-order valence-electron chi connectivity index (χ1n) is 6.54. The number of nitrogens with one attached hydrogen (secondary N) is 1. The summed E-state index contributed by atoms with van der Waals surface area (Å²) in [6.07, 6.45) is -0.623. The summed E-state index contributed by atoms with van der Waals surface area (Å²) in [5.41, 5.74) is 1.50. The summed E-state index contributed by atoms with van der Waals surface area (Å²) < 4.78 is 0. The van der Waals surface area contributed by atoms with Crippen LogP contribution in [0.4, 0.5) is 0 Å². The van der Waals surface area contributed by atoms with Crippen LogP contribution in [0.25, 0.3) is 0 Å². The van der Waals surface area contributed by atoms with Crippen LogP contribution in [0, 0.1) is 0 Å². The minimum absolute atomic E-state index is 0.0554. The van der Waals surface area contributed by atoms with E-state index in [2.05, 4.69) is 10.5 Å². The lowest BCUT2D eigenvalue weighted by molar-refractivity contribution is -0.144. The maximum absolute atomic E-state index is 12.0. The van der Waals surface area contributed by atoms with E-state index in [4.69, 9.17) is 15.1 Å². The minimum Gasteiger partial charge on any atom is -0.480 e. The molecular weight excluding hydrogens is 276 g/mol. The van der Waals surface area contributed by atoms with E-state index in [0.717, 1.165) is 5.56 Å². The van der Waals surface area contributed by atoms with E-state index < -0.39 is 24.0 Å². The molecule has 21 heavy (non-hydrogen) atoms. The van der Waals surface area contributed by atoms with Crippen molar-refractivity contribution in [2.45, 2.75) is 25.0 Å². The van der Waals surface area contributed by atoms with Crippen LogP contribution in [0.5, 0.6) is 0 Å². The summed E-state index contributed by atoms with van der Waals surface area (Å²) in [7, 11) is 0. The van der Waals surface area contributed by atoms with Crippen molar-refractivity contribution in [1.82, 2.24) is 5.32 Å². The lowest BCUT2D eigenvalue weighted by Gasteiger charge is -2.15. The van der Waals surface area contributed by atoms with Gasteiger partial charge in [0, 0.05) is 19.4 Å². The average molecular weight is 292 g/mol. The molecule has 0 saturated carbocycles. The second-order valence-electron chi connectivity index (χ2n) is 4.61. The van der Waals surface area contributed by atoms with Gasteiger partial charge in [-0.15, -0.1) is 0 Å². The molecule has 1 unspecified atom stereocenters. The van der Waals surface area contributed by atoms with Gasteiger partial charge in [-0.1, -0.05) is 35.5 Å². The van der Waals surface area contributed by atoms with E-state index in [1.165, 1.54) is 0 Å². The second-order valence-corrected chi connectivity index (χ2v) is 4.61. The van der Waals surface area contributed by atoms with Crippen LogP contribution in [0.15, 0.2) is 35.5 Å². The quantitative estimate of drug-likeness (QED) is 0.690. The van der Waals surface area contributed by atoms with Gasteiger partial charge in [0.1, 0.15) is 6.04 Å². The molecule has 1 heterocycles. The van der Waals surface area contributed by atoms with Gasteiger partial charge >= 0.3 is 5.97 Å². The molecule has 1 aromatic carbocycles. The third kappa shape index (κ3) is 3.79. The number of oxime groups is 1. The Morgan fingerprint density at radius 1 is 1.38 bits per heavy atom. The fourth-order valence-corrected chi connectivity index (χ4v) is 1.97. The number of benzene rings is 1. The highest BCUT2D eigenvalue weighted by atomic mass is 16.6. The number of hydrogen-bond donors (Lipinski definition) is 3. The summed E-state index contributed by atoms with van der Waals surface area (Å²) in [4.78, 5) is 27.9. The van der Waals surface area contributed by atoms with Gasteiger partial charge in [0.25, 0.3) is 5.91 Å². The lowest BCUT2D eigenvalue weighted by atomic mass is 10.0. The van der Waals surface area contributed by atoms with Crippen LogP contribution in [0.1, 0.15) is 18.4 Å². The zero-order chi connectivity index (χ0) is 15.2. The van der Waals surface area contributed by atoms with E-state index >= 15 is 0 Å². The topological polar surface area (TPSA) is 108 Å². The number of amides is 1. The molecule has 0 radical (unpaired) electrons. The molecule has 3 N–H and O–H groups in total. The highest BCUT2D eigenvalue weighted by Crippen LogP contribution is 2.16. The Morgan fingerprint density at radius 2 is 2.10 bits per heavy atom. The zero-order valence-electron chi connectivity index (χ0n) is 11.2. The third-order valence-electron chi connectivity index (χ3n) is 3.10. The molecule has 0 bridgehead atoms. The van der Waals surface area contributed by atoms with Gasteiger partial charge in [-0.2, -0.15) is 0 Å². The second kappa shape index (κ2) is 6.85. The number of carboxylic acid groups (broad SMARTS) is 1. The lowest BCUT2D eigenvalue weighted by Crippen LogP contribution is -2.46. The van der Waals surface area contributed by atoms with E-state index in [0.29, 0.717) is 5.71 Å². The van der Waals surface area contributed by atoms with Crippen LogP contribution >= 0.6 is 0 Å². The van der Waals surface area contributed by atoms with Crippen molar-refractivity contribution in [2.24, 2.45) is 5.16 Å². The Hall–Kier alpha value is -2.41. The van der Waals surface area contributed by atoms with Crippen molar-refractivity contribution in [3.8, 4) is 0 Å². The van der Waals surface area contributed by atoms with Gasteiger partial charge in [0.05, 0.1) is 5.71 Å². The first-order chi connectivity index (χ1) is 10.1. The molecule has 1 amide bonds. The van der Waals surface area contributed by atoms with Crippen LogP contribution in [0.3, 0.4) is 0 Å². The molecule has 2 atom stereocenters. The summed E-state index contributed by atoms with van der Waals surface area (Å²) in [6, 6.07) is 8.16. The van der Waals surface area contributed by atoms with Crippen molar-refractivity contribution in [3.63, 3.8) is 0 Å². The standard InChI is InChI=1S/C14H16N2O5/c17-7-6-10(14(19)20)15-13(18)12-8-11(16-21-12)9-4-2-1-3-5-9/h1-5,10,12,17H,6-8H2,(H,15,18)(H,19,20)/t10-,12?/m0/s1. The largest absolute Gasteiger partial charge is 0.480 e. The summed E-state index contributed by atoms with van der Waals surface area (Å²) >= 11 is 0. The SMILES string of the molecule is O=C(N[C@@H](CCO)C(=O)O)C1CC(c2ccccc2)=NO1. The van der Waals surface area contributed by atoms with Crippen LogP contribution < -0.4 is 5.32 Å². The maximum atomic E-state index is 12.0. The first-order valence-corrected chi connectivity index (χ1v) is 6.54. The monoisotopic (exact) mass is 292 g/mol. The number of rotatable bonds is 6. The Kier molecular flexibility index (Phi) is 4.89. The number of carboxylic acids is 1. The number of hydrogen-bond acceptors (Lipinski definition) is 5. The van der Waals surface area contributed by atoms with Crippen molar-refractivity contribution >= 4 is 17.6 Å². The number of aliphatic hydroxyl groups is 1. The summed E-state index contributed by atoms with van der Waals surface area (Å²) in [5, 5.41) is 23.9. The number of nitrogens with zero attached hydrogens (tertiary/aromatic N) is 1. The molecular formula is C14H16N2O5. The number of carbonyl (C=O) groups excluding carboxylic acids is 1. The van der Waals surface area contributed by atoms with Crippen LogP contribution in [0.2, 0.25) is 0 Å². The van der Waals surface area contributed by atoms with Gasteiger partial charge in [0.15, 0.2) is 0 Å². The molecule has 7 heteroatoms. The van der Waals surface area contributed by atoms with E-state index in [-0.39, 0.29) is 19.4 Å². The fourth-order valence-electron chi connectivity index (χ4n) is 1.97. The Labute approximate surface area is 121 Å². The molecule has 0 fully saturated rings. The Bertz CT molecular complexity index is 544. The third-order valence-corrected chi connectivity index (χ3v) is 3.10. The molecule has 1 aliphatic rings. The molecule has 0 aromatic heterocycles. The van der Waals surface area contributed by atoms with Crippen molar-refractivity contribution in [2.75, 3.05) is 6.61 Å². The van der Waals surface area contributed by atoms with Gasteiger partial charge in [0.2, 0.25) is 6.10 Å². The molecule has 2 rings (SSSR count). The first kappa shape index (κ1) is 15.0.